The van der Waals surface area contributed by atoms with Crippen LogP contribution in [0.5, 0.6) is 0 Å². The van der Waals surface area contributed by atoms with Crippen molar-refractivity contribution in [3.8, 4) is 0 Å². The SMILES string of the molecule is CCN(C)c1ccc(CNCCOC)cn1. The van der Waals surface area contributed by atoms with Crippen molar-refractivity contribution in [3.05, 3.63) is 23.9 Å². The van der Waals surface area contributed by atoms with Gasteiger partial charge in [0.25, 0.3) is 0 Å². The molecule has 0 aliphatic heterocycles. The molecule has 0 amide bonds. The Bertz CT molecular complexity index is 287. The number of methoxy groups -OCH3 is 1. The van der Waals surface area contributed by atoms with Gasteiger partial charge in [-0.3, -0.25) is 0 Å². The lowest BCUT2D eigenvalue weighted by molar-refractivity contribution is 0.199. The molecule has 0 radical (unpaired) electrons. The third-order valence-electron chi connectivity index (χ3n) is 2.49. The van der Waals surface area contributed by atoms with E-state index in [1.807, 2.05) is 13.2 Å². The molecule has 0 saturated carbocycles. The number of hydrogen-bond acceptors (Lipinski definition) is 4. The molecule has 0 aromatic carbocycles. The normalized spacial score (nSPS) is 10.4. The Balaban J connectivity index is 2.39. The van der Waals surface area contributed by atoms with E-state index in [9.17, 15) is 0 Å². The van der Waals surface area contributed by atoms with Crippen molar-refractivity contribution in [1.82, 2.24) is 10.3 Å². The molecule has 1 heterocycles. The highest BCUT2D eigenvalue weighted by Gasteiger charge is 1.99. The minimum atomic E-state index is 0.740. The summed E-state index contributed by atoms with van der Waals surface area (Å²) >= 11 is 0. The van der Waals surface area contributed by atoms with Gasteiger partial charge < -0.3 is 15.0 Å². The van der Waals surface area contributed by atoms with E-state index in [-0.39, 0.29) is 0 Å². The summed E-state index contributed by atoms with van der Waals surface area (Å²) in [5, 5.41) is 3.29. The first-order chi connectivity index (χ1) is 7.77. The van der Waals surface area contributed by atoms with Crippen LogP contribution in [0.2, 0.25) is 0 Å². The number of pyridine rings is 1. The van der Waals surface area contributed by atoms with Crippen LogP contribution in [0, 0.1) is 0 Å². The molecule has 0 fully saturated rings. The Kier molecular flexibility index (Phi) is 5.82. The maximum atomic E-state index is 4.96. The summed E-state index contributed by atoms with van der Waals surface area (Å²) in [6.07, 6.45) is 1.92. The van der Waals surface area contributed by atoms with Gasteiger partial charge in [0.15, 0.2) is 0 Å². The van der Waals surface area contributed by atoms with Crippen molar-refractivity contribution in [2.24, 2.45) is 0 Å². The van der Waals surface area contributed by atoms with Crippen LogP contribution in [0.15, 0.2) is 18.3 Å². The van der Waals surface area contributed by atoms with Crippen molar-refractivity contribution in [2.45, 2.75) is 13.5 Å². The number of nitrogens with one attached hydrogen (secondary N) is 1. The highest BCUT2D eigenvalue weighted by Crippen LogP contribution is 2.08. The maximum Gasteiger partial charge on any atom is 0.128 e. The first-order valence-corrected chi connectivity index (χ1v) is 5.63. The van der Waals surface area contributed by atoms with Crippen LogP contribution in [0.1, 0.15) is 12.5 Å². The second-order valence-electron chi connectivity index (χ2n) is 3.71. The lowest BCUT2D eigenvalue weighted by Gasteiger charge is -2.15. The summed E-state index contributed by atoms with van der Waals surface area (Å²) in [5.41, 5.74) is 1.20. The predicted octanol–water partition coefficient (Wildman–Crippen LogP) is 1.27. The minimum Gasteiger partial charge on any atom is -0.383 e. The quantitative estimate of drug-likeness (QED) is 0.706. The molecule has 4 heteroatoms. The molecule has 0 atom stereocenters. The van der Waals surface area contributed by atoms with E-state index >= 15 is 0 Å². The highest BCUT2D eigenvalue weighted by molar-refractivity contribution is 5.37. The van der Waals surface area contributed by atoms with Crippen LogP contribution < -0.4 is 10.2 Å². The number of aromatic nitrogens is 1. The van der Waals surface area contributed by atoms with Gasteiger partial charge in [0.2, 0.25) is 0 Å². The molecule has 0 unspecified atom stereocenters. The van der Waals surface area contributed by atoms with Gasteiger partial charge in [-0.05, 0) is 18.6 Å². The lowest BCUT2D eigenvalue weighted by atomic mass is 10.3. The van der Waals surface area contributed by atoms with Crippen LogP contribution in [-0.2, 0) is 11.3 Å². The Morgan fingerprint density at radius 2 is 2.25 bits per heavy atom. The Morgan fingerprint density at radius 1 is 1.44 bits per heavy atom. The summed E-state index contributed by atoms with van der Waals surface area (Å²) in [5.74, 6) is 1.02. The van der Waals surface area contributed by atoms with Crippen molar-refractivity contribution >= 4 is 5.82 Å². The third-order valence-corrected chi connectivity index (χ3v) is 2.49. The number of ether oxygens (including phenoxy) is 1. The van der Waals surface area contributed by atoms with Crippen LogP contribution >= 0.6 is 0 Å². The standard InChI is InChI=1S/C12H21N3O/c1-4-15(2)12-6-5-11(10-14-12)9-13-7-8-16-3/h5-6,10,13H,4,7-9H2,1-3H3. The predicted molar refractivity (Wildman–Crippen MR) is 66.8 cm³/mol. The lowest BCUT2D eigenvalue weighted by Crippen LogP contribution is -2.19. The van der Waals surface area contributed by atoms with Crippen molar-refractivity contribution in [2.75, 3.05) is 38.8 Å². The van der Waals surface area contributed by atoms with Crippen LogP contribution in [-0.4, -0.2) is 38.8 Å². The topological polar surface area (TPSA) is 37.4 Å². The van der Waals surface area contributed by atoms with Crippen molar-refractivity contribution < 1.29 is 4.74 Å². The second-order valence-corrected chi connectivity index (χ2v) is 3.71. The van der Waals surface area contributed by atoms with E-state index in [4.69, 9.17) is 4.74 Å². The fraction of sp³-hybridized carbons (Fsp3) is 0.583. The van der Waals surface area contributed by atoms with Crippen molar-refractivity contribution in [3.63, 3.8) is 0 Å². The molecule has 1 N–H and O–H groups in total. The maximum absolute atomic E-state index is 4.96. The molecule has 90 valence electrons. The Labute approximate surface area is 97.6 Å². The fourth-order valence-corrected chi connectivity index (χ4v) is 1.32. The first kappa shape index (κ1) is 12.9. The van der Waals surface area contributed by atoms with Crippen LogP contribution in [0.3, 0.4) is 0 Å². The third kappa shape index (κ3) is 4.16. The number of nitrogens with zero attached hydrogens (tertiary/aromatic N) is 2. The van der Waals surface area contributed by atoms with Crippen molar-refractivity contribution in [1.29, 1.82) is 0 Å². The summed E-state index contributed by atoms with van der Waals surface area (Å²) < 4.78 is 4.96. The van der Waals surface area contributed by atoms with E-state index in [1.54, 1.807) is 7.11 Å². The zero-order valence-electron chi connectivity index (χ0n) is 10.4. The van der Waals surface area contributed by atoms with Gasteiger partial charge in [0.05, 0.1) is 6.61 Å². The van der Waals surface area contributed by atoms with Gasteiger partial charge in [0.1, 0.15) is 5.82 Å². The Hall–Kier alpha value is -1.13. The molecule has 0 spiro atoms. The monoisotopic (exact) mass is 223 g/mol. The average Bonchev–Trinajstić information content (AvgIpc) is 2.34. The number of anilines is 1. The number of hydrogen-bond donors (Lipinski definition) is 1. The van der Waals surface area contributed by atoms with Gasteiger partial charge in [-0.15, -0.1) is 0 Å². The molecular weight excluding hydrogens is 202 g/mol. The first-order valence-electron chi connectivity index (χ1n) is 5.63. The van der Waals surface area contributed by atoms with Gasteiger partial charge in [0, 0.05) is 40.0 Å². The zero-order chi connectivity index (χ0) is 11.8. The molecule has 16 heavy (non-hydrogen) atoms. The van der Waals surface area contributed by atoms with E-state index < -0.39 is 0 Å². The molecule has 0 saturated heterocycles. The fourth-order valence-electron chi connectivity index (χ4n) is 1.32. The van der Waals surface area contributed by atoms with E-state index in [0.717, 1.165) is 32.1 Å². The van der Waals surface area contributed by atoms with Crippen LogP contribution in [0.4, 0.5) is 5.82 Å². The smallest absolute Gasteiger partial charge is 0.128 e. The highest BCUT2D eigenvalue weighted by atomic mass is 16.5. The summed E-state index contributed by atoms with van der Waals surface area (Å²) in [4.78, 5) is 6.52. The molecule has 0 aliphatic carbocycles. The van der Waals surface area contributed by atoms with Gasteiger partial charge in [-0.1, -0.05) is 6.07 Å². The number of rotatable bonds is 7. The van der Waals surface area contributed by atoms with Gasteiger partial charge in [-0.25, -0.2) is 4.98 Å². The zero-order valence-corrected chi connectivity index (χ0v) is 10.4. The second kappa shape index (κ2) is 7.19. The summed E-state index contributed by atoms with van der Waals surface area (Å²) in [6.45, 7) is 5.53. The molecule has 1 rings (SSSR count). The van der Waals surface area contributed by atoms with E-state index in [2.05, 4.69) is 34.3 Å². The van der Waals surface area contributed by atoms with Gasteiger partial charge in [-0.2, -0.15) is 0 Å². The van der Waals surface area contributed by atoms with E-state index in [0.29, 0.717) is 0 Å². The molecule has 4 nitrogen and oxygen atoms in total. The summed E-state index contributed by atoms with van der Waals surface area (Å²) in [7, 11) is 3.75. The minimum absolute atomic E-state index is 0.740. The molecule has 0 aliphatic rings. The molecule has 1 aromatic rings. The molecular formula is C12H21N3O. The summed E-state index contributed by atoms with van der Waals surface area (Å²) in [6, 6.07) is 4.16. The average molecular weight is 223 g/mol. The largest absolute Gasteiger partial charge is 0.383 e. The van der Waals surface area contributed by atoms with E-state index in [1.165, 1.54) is 5.56 Å². The van der Waals surface area contributed by atoms with Crippen LogP contribution in [0.25, 0.3) is 0 Å². The Morgan fingerprint density at radius 3 is 2.81 bits per heavy atom. The van der Waals surface area contributed by atoms with Gasteiger partial charge >= 0.3 is 0 Å². The molecule has 1 aromatic heterocycles. The molecule has 0 bridgehead atoms.